The molecule has 0 saturated heterocycles. The van der Waals surface area contributed by atoms with Gasteiger partial charge in [0.15, 0.2) is 0 Å². The average Bonchev–Trinajstić information content (AvgIpc) is 2.69. The van der Waals surface area contributed by atoms with E-state index >= 15 is 0 Å². The van der Waals surface area contributed by atoms with Crippen molar-refractivity contribution in [2.75, 3.05) is 20.6 Å². The Morgan fingerprint density at radius 3 is 2.78 bits per heavy atom. The Morgan fingerprint density at radius 2 is 2.11 bits per heavy atom. The molecule has 96 valence electrons. The number of aromatic nitrogens is 1. The number of nitriles is 1. The number of aromatic amines is 1. The zero-order valence-electron chi connectivity index (χ0n) is 10.7. The molecule has 4 heteroatoms. The summed E-state index contributed by atoms with van der Waals surface area (Å²) in [6.45, 7) is 1.04. The molecular weight excluding hydrogens is 246 g/mol. The summed E-state index contributed by atoms with van der Waals surface area (Å²) in [5.41, 5.74) is 3.57. The minimum absolute atomic E-state index is 0. The van der Waals surface area contributed by atoms with Crippen LogP contribution in [0.3, 0.4) is 0 Å². The molecule has 2 rings (SSSR count). The summed E-state index contributed by atoms with van der Waals surface area (Å²) >= 11 is 0. The van der Waals surface area contributed by atoms with E-state index in [2.05, 4.69) is 48.4 Å². The first-order chi connectivity index (χ1) is 8.20. The van der Waals surface area contributed by atoms with E-state index in [1.165, 1.54) is 10.9 Å². The molecule has 0 aliphatic heterocycles. The van der Waals surface area contributed by atoms with Gasteiger partial charge in [-0.25, -0.2) is 0 Å². The summed E-state index contributed by atoms with van der Waals surface area (Å²) in [6.07, 6.45) is 3.58. The lowest BCUT2D eigenvalue weighted by Gasteiger charge is -2.08. The third kappa shape index (κ3) is 3.25. The monoisotopic (exact) mass is 263 g/mol. The van der Waals surface area contributed by atoms with Crippen molar-refractivity contribution in [3.63, 3.8) is 0 Å². The Kier molecular flexibility index (Phi) is 5.21. The van der Waals surface area contributed by atoms with Crippen molar-refractivity contribution >= 4 is 23.3 Å². The number of nitrogens with one attached hydrogen (secondary N) is 1. The predicted molar refractivity (Wildman–Crippen MR) is 77.1 cm³/mol. The van der Waals surface area contributed by atoms with Gasteiger partial charge < -0.3 is 9.88 Å². The number of benzene rings is 1. The summed E-state index contributed by atoms with van der Waals surface area (Å²) in [5, 5.41) is 9.97. The van der Waals surface area contributed by atoms with Crippen LogP contribution in [0, 0.1) is 11.3 Å². The minimum atomic E-state index is 0. The largest absolute Gasteiger partial charge is 0.361 e. The molecule has 0 fully saturated rings. The van der Waals surface area contributed by atoms with Crippen molar-refractivity contribution < 1.29 is 0 Å². The second-order valence-corrected chi connectivity index (χ2v) is 4.58. The van der Waals surface area contributed by atoms with Crippen molar-refractivity contribution in [3.05, 3.63) is 35.5 Å². The highest BCUT2D eigenvalue weighted by molar-refractivity contribution is 5.85. The summed E-state index contributed by atoms with van der Waals surface area (Å²) in [5.74, 6) is 0. The quantitative estimate of drug-likeness (QED) is 0.922. The molecule has 1 aromatic heterocycles. The van der Waals surface area contributed by atoms with E-state index in [1.807, 2.05) is 6.07 Å². The van der Waals surface area contributed by atoms with Crippen LogP contribution in [0.4, 0.5) is 0 Å². The highest BCUT2D eigenvalue weighted by Crippen LogP contribution is 2.20. The van der Waals surface area contributed by atoms with Crippen molar-refractivity contribution in [3.8, 4) is 6.07 Å². The fourth-order valence-electron chi connectivity index (χ4n) is 1.98. The lowest BCUT2D eigenvalue weighted by molar-refractivity contribution is 0.414. The minimum Gasteiger partial charge on any atom is -0.361 e. The van der Waals surface area contributed by atoms with E-state index in [0.717, 1.165) is 24.0 Å². The Morgan fingerprint density at radius 1 is 1.33 bits per heavy atom. The molecule has 1 heterocycles. The molecule has 0 spiro atoms. The van der Waals surface area contributed by atoms with E-state index in [1.54, 1.807) is 0 Å². The Hall–Kier alpha value is -1.50. The first-order valence-corrected chi connectivity index (χ1v) is 5.81. The molecule has 2 aromatic rings. The second kappa shape index (κ2) is 6.44. The number of fused-ring (bicyclic) bond motifs is 1. The van der Waals surface area contributed by atoms with E-state index in [0.29, 0.717) is 6.42 Å². The Labute approximate surface area is 114 Å². The van der Waals surface area contributed by atoms with Crippen LogP contribution < -0.4 is 0 Å². The van der Waals surface area contributed by atoms with E-state index in [9.17, 15) is 0 Å². The molecule has 0 amide bonds. The molecule has 0 saturated carbocycles. The van der Waals surface area contributed by atoms with Gasteiger partial charge in [-0.15, -0.1) is 12.4 Å². The number of H-pyrrole nitrogens is 1. The molecule has 0 radical (unpaired) electrons. The number of likely N-dealkylation sites (N-methyl/N-ethyl adjacent to an activating group) is 1. The maximum Gasteiger partial charge on any atom is 0.0669 e. The third-order valence-corrected chi connectivity index (χ3v) is 2.94. The third-order valence-electron chi connectivity index (χ3n) is 2.94. The molecule has 1 aromatic carbocycles. The molecule has 18 heavy (non-hydrogen) atoms. The smallest absolute Gasteiger partial charge is 0.0669 e. The average molecular weight is 264 g/mol. The second-order valence-electron chi connectivity index (χ2n) is 4.58. The maximum absolute atomic E-state index is 8.72. The van der Waals surface area contributed by atoms with Crippen molar-refractivity contribution in [2.24, 2.45) is 0 Å². The highest BCUT2D eigenvalue weighted by Gasteiger charge is 2.05. The van der Waals surface area contributed by atoms with Crippen molar-refractivity contribution in [1.29, 1.82) is 5.26 Å². The molecule has 0 unspecified atom stereocenters. The molecule has 0 bridgehead atoms. The molecular formula is C14H18ClN3. The van der Waals surface area contributed by atoms with Gasteiger partial charge in [-0.3, -0.25) is 0 Å². The summed E-state index contributed by atoms with van der Waals surface area (Å²) in [4.78, 5) is 5.46. The molecule has 1 N–H and O–H groups in total. The van der Waals surface area contributed by atoms with Gasteiger partial charge in [0.1, 0.15) is 0 Å². The summed E-state index contributed by atoms with van der Waals surface area (Å²) in [6, 6.07) is 8.39. The maximum atomic E-state index is 8.72. The predicted octanol–water partition coefficient (Wildman–Crippen LogP) is 2.76. The number of rotatable bonds is 4. The van der Waals surface area contributed by atoms with Gasteiger partial charge in [-0.05, 0) is 43.8 Å². The number of hydrogen-bond acceptors (Lipinski definition) is 2. The van der Waals surface area contributed by atoms with E-state index in [-0.39, 0.29) is 12.4 Å². The van der Waals surface area contributed by atoms with Crippen LogP contribution >= 0.6 is 12.4 Å². The van der Waals surface area contributed by atoms with Crippen molar-refractivity contribution in [1.82, 2.24) is 9.88 Å². The molecule has 3 nitrogen and oxygen atoms in total. The van der Waals surface area contributed by atoms with Gasteiger partial charge >= 0.3 is 0 Å². The topological polar surface area (TPSA) is 42.8 Å². The summed E-state index contributed by atoms with van der Waals surface area (Å²) in [7, 11) is 4.16. The molecule has 0 aliphatic carbocycles. The lowest BCUT2D eigenvalue weighted by atomic mass is 10.1. The number of hydrogen-bond donors (Lipinski definition) is 1. The Bertz CT molecular complexity index is 552. The van der Waals surface area contributed by atoms with Crippen LogP contribution in [0.2, 0.25) is 0 Å². The molecule has 0 atom stereocenters. The zero-order chi connectivity index (χ0) is 12.3. The van der Waals surface area contributed by atoms with Crippen LogP contribution in [0.1, 0.15) is 11.1 Å². The van der Waals surface area contributed by atoms with Crippen LogP contribution in [0.15, 0.2) is 24.4 Å². The van der Waals surface area contributed by atoms with Crippen LogP contribution in [0.25, 0.3) is 10.9 Å². The fourth-order valence-corrected chi connectivity index (χ4v) is 1.98. The van der Waals surface area contributed by atoms with Gasteiger partial charge in [0.25, 0.3) is 0 Å². The van der Waals surface area contributed by atoms with E-state index in [4.69, 9.17) is 5.26 Å². The van der Waals surface area contributed by atoms with Gasteiger partial charge in [0.05, 0.1) is 12.5 Å². The van der Waals surface area contributed by atoms with E-state index < -0.39 is 0 Å². The van der Waals surface area contributed by atoms with Gasteiger partial charge in [0, 0.05) is 23.6 Å². The highest BCUT2D eigenvalue weighted by atomic mass is 35.5. The van der Waals surface area contributed by atoms with Gasteiger partial charge in [-0.2, -0.15) is 5.26 Å². The SMILES string of the molecule is CN(C)CCc1c[nH]c2ccc(CC#N)cc12.Cl. The lowest BCUT2D eigenvalue weighted by Crippen LogP contribution is -2.14. The Balaban J connectivity index is 0.00000162. The van der Waals surface area contributed by atoms with Gasteiger partial charge in [0.2, 0.25) is 0 Å². The zero-order valence-corrected chi connectivity index (χ0v) is 11.5. The van der Waals surface area contributed by atoms with Crippen LogP contribution in [-0.4, -0.2) is 30.5 Å². The fraction of sp³-hybridized carbons (Fsp3) is 0.357. The number of nitrogens with zero attached hydrogens (tertiary/aromatic N) is 2. The normalized spacial score (nSPS) is 10.3. The first-order valence-electron chi connectivity index (χ1n) is 5.81. The first kappa shape index (κ1) is 14.6. The van der Waals surface area contributed by atoms with Crippen LogP contribution in [0.5, 0.6) is 0 Å². The number of halogens is 1. The van der Waals surface area contributed by atoms with Gasteiger partial charge in [-0.1, -0.05) is 6.07 Å². The van der Waals surface area contributed by atoms with Crippen LogP contribution in [-0.2, 0) is 12.8 Å². The standard InChI is InChI=1S/C14H17N3.ClH/c1-17(2)8-6-12-10-16-14-4-3-11(5-7-15)9-13(12)14;/h3-4,9-10,16H,5-6,8H2,1-2H3;1H. The molecule has 0 aliphatic rings. The summed E-state index contributed by atoms with van der Waals surface area (Å²) < 4.78 is 0. The van der Waals surface area contributed by atoms with Crippen molar-refractivity contribution in [2.45, 2.75) is 12.8 Å².